The summed E-state index contributed by atoms with van der Waals surface area (Å²) in [7, 11) is 0. The van der Waals surface area contributed by atoms with E-state index in [1.807, 2.05) is 12.1 Å². The van der Waals surface area contributed by atoms with Crippen molar-refractivity contribution in [2.45, 2.75) is 25.3 Å². The van der Waals surface area contributed by atoms with Crippen LogP contribution in [0.15, 0.2) is 94.5 Å². The Morgan fingerprint density at radius 2 is 1.04 bits per heavy atom. The lowest BCUT2D eigenvalue weighted by Crippen LogP contribution is -2.52. The van der Waals surface area contributed by atoms with Gasteiger partial charge in [-0.25, -0.2) is 0 Å². The molecule has 3 saturated heterocycles. The Morgan fingerprint density at radius 3 is 1.40 bits per heavy atom. The minimum absolute atomic E-state index is 0.00899. The number of pyridine rings is 2. The van der Waals surface area contributed by atoms with Crippen molar-refractivity contribution in [3.63, 3.8) is 0 Å². The van der Waals surface area contributed by atoms with Crippen LogP contribution in [-0.2, 0) is 18.0 Å². The van der Waals surface area contributed by atoms with E-state index >= 15 is 0 Å². The van der Waals surface area contributed by atoms with Gasteiger partial charge in [0.1, 0.15) is 44.4 Å². The molecule has 2 atom stereocenters. The first-order valence-corrected chi connectivity index (χ1v) is 20.4. The maximum atomic E-state index is 13.9. The molecule has 3 aliphatic rings. The number of carbonyl (C=O) groups is 4. The van der Waals surface area contributed by atoms with Gasteiger partial charge in [-0.15, -0.1) is 9.46 Å². The molecule has 0 bridgehead atoms. The SMILES string of the molecule is O=C(N[C@H]1COC[C@H]1NC(=O)c1ccc(C(=O)N2CCSC2=S)c(=O)n1OCc1ccccc1)c1ccc(C(=O)N2CCSC2=S)c(=O)n1OCc1ccccc1. The lowest BCUT2D eigenvalue weighted by Gasteiger charge is -2.23. The fourth-order valence-corrected chi connectivity index (χ4v) is 8.56. The molecule has 4 amide bonds. The zero-order chi connectivity index (χ0) is 40.1. The second kappa shape index (κ2) is 17.9. The molecule has 3 aliphatic heterocycles. The second-order valence-corrected chi connectivity index (χ2v) is 16.3. The van der Waals surface area contributed by atoms with E-state index in [0.29, 0.717) is 44.4 Å². The monoisotopic (exact) mass is 846 g/mol. The second-order valence-electron chi connectivity index (χ2n) is 12.8. The third-order valence-corrected chi connectivity index (χ3v) is 12.0. The van der Waals surface area contributed by atoms with Crippen molar-refractivity contribution in [1.82, 2.24) is 29.9 Å². The third kappa shape index (κ3) is 8.81. The van der Waals surface area contributed by atoms with Gasteiger partial charge in [-0.2, -0.15) is 0 Å². The highest BCUT2D eigenvalue weighted by atomic mass is 32.2. The molecule has 3 fully saturated rings. The predicted octanol–water partition coefficient (Wildman–Crippen LogP) is 2.14. The molecule has 7 rings (SSSR count). The lowest BCUT2D eigenvalue weighted by molar-refractivity contribution is 0.0663. The minimum atomic E-state index is -0.850. The standard InChI is InChI=1S/C38H34N6O9S4/c45-31(29-13-11-25(33(47)41-15-17-56-37(41)54)35(49)43(29)52-19-23-7-3-1-4-8-23)39-27-21-51-22-28(27)40-32(46)30-14-12-26(34(48)42-16-18-57-38(42)55)36(50)44(30)53-20-24-9-5-2-6-10-24/h1-14,27-28H,15-22H2,(H,39,45)(H,40,46)/t27-,28+. The van der Waals surface area contributed by atoms with Crippen LogP contribution in [0, 0.1) is 0 Å². The summed E-state index contributed by atoms with van der Waals surface area (Å²) in [6, 6.07) is 21.5. The molecule has 294 valence electrons. The number of rotatable bonds is 12. The third-order valence-electron chi connectivity index (χ3n) is 9.14. The van der Waals surface area contributed by atoms with Gasteiger partial charge in [0.05, 0.1) is 25.3 Å². The molecule has 0 unspecified atom stereocenters. The lowest BCUT2D eigenvalue weighted by atomic mass is 10.1. The molecule has 5 heterocycles. The summed E-state index contributed by atoms with van der Waals surface area (Å²) in [4.78, 5) is 96.4. The average molecular weight is 847 g/mol. The van der Waals surface area contributed by atoms with Crippen LogP contribution in [-0.4, -0.2) is 101 Å². The molecule has 2 aromatic heterocycles. The van der Waals surface area contributed by atoms with E-state index in [-0.39, 0.29) is 48.9 Å². The molecule has 57 heavy (non-hydrogen) atoms. The van der Waals surface area contributed by atoms with Crippen molar-refractivity contribution >= 4 is 80.2 Å². The van der Waals surface area contributed by atoms with Crippen LogP contribution < -0.4 is 31.4 Å². The maximum absolute atomic E-state index is 13.9. The summed E-state index contributed by atoms with van der Waals surface area (Å²) in [5.41, 5.74) is -1.15. The van der Waals surface area contributed by atoms with E-state index in [4.69, 9.17) is 38.8 Å². The van der Waals surface area contributed by atoms with E-state index < -0.39 is 46.8 Å². The number of thiocarbonyl (C=S) groups is 2. The van der Waals surface area contributed by atoms with Crippen molar-refractivity contribution < 1.29 is 33.6 Å². The smallest absolute Gasteiger partial charge is 0.296 e. The number of benzene rings is 2. The van der Waals surface area contributed by atoms with E-state index in [2.05, 4.69) is 10.6 Å². The number of aromatic nitrogens is 2. The molecule has 0 spiro atoms. The summed E-state index contributed by atoms with van der Waals surface area (Å²) in [5.74, 6) is -1.50. The van der Waals surface area contributed by atoms with Crippen LogP contribution in [0.1, 0.15) is 52.8 Å². The van der Waals surface area contributed by atoms with Crippen LogP contribution in [0.2, 0.25) is 0 Å². The summed E-state index contributed by atoms with van der Waals surface area (Å²) >= 11 is 13.2. The number of nitrogens with zero attached hydrogens (tertiary/aromatic N) is 4. The topological polar surface area (TPSA) is 171 Å². The molecular formula is C38H34N6O9S4. The first-order valence-electron chi connectivity index (χ1n) is 17.6. The molecule has 2 aromatic carbocycles. The van der Waals surface area contributed by atoms with Gasteiger partial charge in [0, 0.05) is 24.6 Å². The van der Waals surface area contributed by atoms with Gasteiger partial charge in [-0.3, -0.25) is 38.6 Å². The normalized spacial score (nSPS) is 17.8. The van der Waals surface area contributed by atoms with Gasteiger partial charge in [0.15, 0.2) is 0 Å². The Labute approximate surface area is 344 Å². The van der Waals surface area contributed by atoms with E-state index in [0.717, 1.165) is 9.46 Å². The van der Waals surface area contributed by atoms with Crippen LogP contribution in [0.5, 0.6) is 0 Å². The fraction of sp³-hybridized carbons (Fsp3) is 0.263. The van der Waals surface area contributed by atoms with Crippen molar-refractivity contribution in [3.8, 4) is 0 Å². The van der Waals surface area contributed by atoms with Gasteiger partial charge in [-0.1, -0.05) is 109 Å². The quantitative estimate of drug-likeness (QED) is 0.199. The summed E-state index contributed by atoms with van der Waals surface area (Å²) < 4.78 is 7.90. The number of ether oxygens (including phenoxy) is 1. The zero-order valence-corrected chi connectivity index (χ0v) is 33.3. The van der Waals surface area contributed by atoms with Gasteiger partial charge >= 0.3 is 0 Å². The van der Waals surface area contributed by atoms with E-state index in [1.165, 1.54) is 57.6 Å². The number of thioether (sulfide) groups is 2. The molecule has 0 saturated carbocycles. The molecule has 0 aliphatic carbocycles. The van der Waals surface area contributed by atoms with Gasteiger partial charge < -0.3 is 25.0 Å². The summed E-state index contributed by atoms with van der Waals surface area (Å²) in [6.07, 6.45) is 0. The number of hydrogen-bond donors (Lipinski definition) is 2. The molecule has 2 N–H and O–H groups in total. The highest BCUT2D eigenvalue weighted by Gasteiger charge is 2.35. The van der Waals surface area contributed by atoms with Crippen molar-refractivity contribution in [1.29, 1.82) is 0 Å². The Bertz CT molecular complexity index is 2200. The zero-order valence-electron chi connectivity index (χ0n) is 30.0. The number of nitrogens with one attached hydrogen (secondary N) is 2. The Kier molecular flexibility index (Phi) is 12.5. The molecule has 0 radical (unpaired) electrons. The van der Waals surface area contributed by atoms with Crippen LogP contribution in [0.25, 0.3) is 0 Å². The first-order chi connectivity index (χ1) is 27.6. The predicted molar refractivity (Wildman–Crippen MR) is 220 cm³/mol. The van der Waals surface area contributed by atoms with Gasteiger partial charge in [-0.05, 0) is 35.4 Å². The summed E-state index contributed by atoms with van der Waals surface area (Å²) in [6.45, 7) is 0.477. The van der Waals surface area contributed by atoms with Crippen LogP contribution in [0.4, 0.5) is 0 Å². The van der Waals surface area contributed by atoms with Crippen molar-refractivity contribution in [3.05, 3.63) is 139 Å². The molecular weight excluding hydrogens is 813 g/mol. The highest BCUT2D eigenvalue weighted by molar-refractivity contribution is 8.23. The number of carbonyl (C=O) groups excluding carboxylic acids is 4. The molecule has 4 aromatic rings. The molecule has 19 heteroatoms. The Morgan fingerprint density at radius 1 is 0.632 bits per heavy atom. The number of hydrogen-bond acceptors (Lipinski definition) is 13. The van der Waals surface area contributed by atoms with E-state index in [1.54, 1.807) is 48.5 Å². The first kappa shape index (κ1) is 39.9. The van der Waals surface area contributed by atoms with Crippen molar-refractivity contribution in [2.24, 2.45) is 0 Å². The van der Waals surface area contributed by atoms with Crippen LogP contribution >= 0.6 is 48.0 Å². The van der Waals surface area contributed by atoms with Crippen molar-refractivity contribution in [2.75, 3.05) is 37.8 Å². The van der Waals surface area contributed by atoms with Crippen LogP contribution in [0.3, 0.4) is 0 Å². The van der Waals surface area contributed by atoms with Gasteiger partial charge in [0.25, 0.3) is 34.7 Å². The number of amides is 4. The summed E-state index contributed by atoms with van der Waals surface area (Å²) in [5, 5.41) is 5.62. The largest absolute Gasteiger partial charge is 0.405 e. The maximum Gasteiger partial charge on any atom is 0.296 e. The Balaban J connectivity index is 1.12. The average Bonchev–Trinajstić information content (AvgIpc) is 3.98. The fourth-order valence-electron chi connectivity index (χ4n) is 6.15. The highest BCUT2D eigenvalue weighted by Crippen LogP contribution is 2.21. The van der Waals surface area contributed by atoms with E-state index in [9.17, 15) is 28.8 Å². The molecule has 15 nitrogen and oxygen atoms in total. The Hall–Kier alpha value is -5.34. The minimum Gasteiger partial charge on any atom is -0.405 e. The van der Waals surface area contributed by atoms with Gasteiger partial charge in [0.2, 0.25) is 0 Å².